The number of aryl methyl sites for hydroxylation is 1. The molecule has 1 aliphatic rings. The molecule has 1 saturated heterocycles. The third-order valence-corrected chi connectivity index (χ3v) is 4.26. The van der Waals surface area contributed by atoms with Crippen LogP contribution in [0.3, 0.4) is 0 Å². The predicted molar refractivity (Wildman–Crippen MR) is 116 cm³/mol. The van der Waals surface area contributed by atoms with E-state index in [0.717, 1.165) is 44.2 Å². The van der Waals surface area contributed by atoms with Crippen molar-refractivity contribution in [3.05, 3.63) is 35.4 Å². The number of guanidine groups is 1. The fourth-order valence-corrected chi connectivity index (χ4v) is 3.04. The zero-order valence-electron chi connectivity index (χ0n) is 16.0. The number of halogens is 1. The average Bonchev–Trinajstić information content (AvgIpc) is 3.06. The summed E-state index contributed by atoms with van der Waals surface area (Å²) >= 11 is 0. The van der Waals surface area contributed by atoms with Crippen molar-refractivity contribution in [2.45, 2.75) is 20.3 Å². The lowest BCUT2D eigenvalue weighted by atomic mass is 10.1. The van der Waals surface area contributed by atoms with Crippen molar-refractivity contribution < 1.29 is 9.53 Å². The van der Waals surface area contributed by atoms with Gasteiger partial charge in [0, 0.05) is 44.8 Å². The molecule has 6 nitrogen and oxygen atoms in total. The average molecular weight is 474 g/mol. The molecule has 1 aromatic carbocycles. The van der Waals surface area contributed by atoms with Crippen LogP contribution in [0.5, 0.6) is 0 Å². The molecule has 2 rings (SSSR count). The third-order valence-electron chi connectivity index (χ3n) is 4.26. The van der Waals surface area contributed by atoms with Gasteiger partial charge >= 0.3 is 0 Å². The molecule has 0 bridgehead atoms. The Morgan fingerprint density at radius 1 is 1.38 bits per heavy atom. The summed E-state index contributed by atoms with van der Waals surface area (Å²) in [6.07, 6.45) is 1.13. The molecule has 1 unspecified atom stereocenters. The monoisotopic (exact) mass is 474 g/mol. The van der Waals surface area contributed by atoms with Gasteiger partial charge in [-0.25, -0.2) is 0 Å². The Kier molecular flexibility index (Phi) is 10.6. The zero-order chi connectivity index (χ0) is 18.1. The molecule has 0 spiro atoms. The maximum Gasteiger partial charge on any atom is 0.251 e. The fraction of sp³-hybridized carbons (Fsp3) is 0.579. The molecule has 1 fully saturated rings. The van der Waals surface area contributed by atoms with E-state index in [0.29, 0.717) is 24.6 Å². The number of ether oxygens (including phenoxy) is 1. The number of nitrogens with one attached hydrogen (secondary N) is 2. The van der Waals surface area contributed by atoms with E-state index in [1.54, 1.807) is 7.11 Å². The second kappa shape index (κ2) is 12.1. The Bertz CT molecular complexity index is 595. The lowest BCUT2D eigenvalue weighted by Crippen LogP contribution is -2.40. The van der Waals surface area contributed by atoms with Crippen molar-refractivity contribution in [1.82, 2.24) is 15.5 Å². The molecule has 1 aromatic rings. The van der Waals surface area contributed by atoms with Crippen LogP contribution in [0.1, 0.15) is 29.3 Å². The highest BCUT2D eigenvalue weighted by Gasteiger charge is 2.24. The van der Waals surface area contributed by atoms with Crippen molar-refractivity contribution in [3.63, 3.8) is 0 Å². The first-order valence-corrected chi connectivity index (χ1v) is 9.01. The molecule has 146 valence electrons. The molecule has 1 heterocycles. The number of amides is 1. The van der Waals surface area contributed by atoms with E-state index in [-0.39, 0.29) is 29.9 Å². The van der Waals surface area contributed by atoms with Crippen molar-refractivity contribution >= 4 is 35.8 Å². The van der Waals surface area contributed by atoms with Crippen LogP contribution in [0.25, 0.3) is 0 Å². The van der Waals surface area contributed by atoms with Crippen molar-refractivity contribution in [1.29, 1.82) is 0 Å². The number of hydrogen-bond donors (Lipinski definition) is 2. The van der Waals surface area contributed by atoms with Gasteiger partial charge in [0.25, 0.3) is 5.91 Å². The van der Waals surface area contributed by atoms with E-state index in [4.69, 9.17) is 4.74 Å². The normalized spacial score (nSPS) is 17.0. The number of hydrogen-bond acceptors (Lipinski definition) is 3. The summed E-state index contributed by atoms with van der Waals surface area (Å²) < 4.78 is 5.25. The van der Waals surface area contributed by atoms with E-state index in [1.165, 1.54) is 0 Å². The van der Waals surface area contributed by atoms with Gasteiger partial charge in [-0.15, -0.1) is 24.0 Å². The molecule has 2 N–H and O–H groups in total. The van der Waals surface area contributed by atoms with Gasteiger partial charge in [0.05, 0.1) is 13.2 Å². The topological polar surface area (TPSA) is 66.0 Å². The molecular weight excluding hydrogens is 443 g/mol. The lowest BCUT2D eigenvalue weighted by Gasteiger charge is -2.21. The van der Waals surface area contributed by atoms with Crippen LogP contribution in [0.2, 0.25) is 0 Å². The molecule has 1 atom stereocenters. The number of aliphatic imine (C=N–C) groups is 1. The maximum atomic E-state index is 12.1. The first-order valence-electron chi connectivity index (χ1n) is 9.01. The maximum absolute atomic E-state index is 12.1. The van der Waals surface area contributed by atoms with Crippen molar-refractivity contribution in [3.8, 4) is 0 Å². The number of nitrogens with zero attached hydrogens (tertiary/aromatic N) is 2. The molecule has 26 heavy (non-hydrogen) atoms. The summed E-state index contributed by atoms with van der Waals surface area (Å²) in [5.74, 6) is 1.44. The van der Waals surface area contributed by atoms with Crippen LogP contribution in [0.4, 0.5) is 0 Å². The van der Waals surface area contributed by atoms with Crippen LogP contribution in [-0.4, -0.2) is 63.2 Å². The minimum atomic E-state index is -0.0507. The molecule has 0 aromatic heterocycles. The number of carbonyl (C=O) groups is 1. The Balaban J connectivity index is 0.00000338. The third kappa shape index (κ3) is 7.11. The first kappa shape index (κ1) is 22.7. The molecule has 1 aliphatic heterocycles. The Labute approximate surface area is 173 Å². The van der Waals surface area contributed by atoms with Gasteiger partial charge < -0.3 is 20.3 Å². The number of rotatable bonds is 7. The van der Waals surface area contributed by atoms with E-state index in [2.05, 4.69) is 27.4 Å². The highest BCUT2D eigenvalue weighted by molar-refractivity contribution is 14.0. The van der Waals surface area contributed by atoms with E-state index >= 15 is 0 Å². The van der Waals surface area contributed by atoms with E-state index < -0.39 is 0 Å². The van der Waals surface area contributed by atoms with Crippen LogP contribution in [0.15, 0.2) is 29.3 Å². The number of likely N-dealkylation sites (tertiary alicyclic amines) is 1. The molecule has 7 heteroatoms. The van der Waals surface area contributed by atoms with Gasteiger partial charge in [-0.2, -0.15) is 0 Å². The summed E-state index contributed by atoms with van der Waals surface area (Å²) in [5, 5.41) is 6.27. The van der Waals surface area contributed by atoms with E-state index in [1.807, 2.05) is 31.2 Å². The van der Waals surface area contributed by atoms with Gasteiger partial charge in [-0.3, -0.25) is 9.79 Å². The summed E-state index contributed by atoms with van der Waals surface area (Å²) in [6, 6.07) is 7.60. The zero-order valence-corrected chi connectivity index (χ0v) is 18.3. The highest BCUT2D eigenvalue weighted by Crippen LogP contribution is 2.16. The van der Waals surface area contributed by atoms with Crippen LogP contribution >= 0.6 is 24.0 Å². The number of benzene rings is 1. The van der Waals surface area contributed by atoms with Crippen LogP contribution < -0.4 is 10.6 Å². The van der Waals surface area contributed by atoms with Crippen LogP contribution in [0, 0.1) is 12.8 Å². The smallest absolute Gasteiger partial charge is 0.251 e. The van der Waals surface area contributed by atoms with Gasteiger partial charge in [-0.05, 0) is 32.4 Å². The van der Waals surface area contributed by atoms with Crippen molar-refractivity contribution in [2.75, 3.05) is 46.4 Å². The van der Waals surface area contributed by atoms with Gasteiger partial charge in [0.2, 0.25) is 0 Å². The summed E-state index contributed by atoms with van der Waals surface area (Å²) in [5.41, 5.74) is 1.78. The van der Waals surface area contributed by atoms with Gasteiger partial charge in [0.15, 0.2) is 5.96 Å². The Morgan fingerprint density at radius 2 is 2.19 bits per heavy atom. The summed E-state index contributed by atoms with van der Waals surface area (Å²) in [6.45, 7) is 8.73. The van der Waals surface area contributed by atoms with Gasteiger partial charge in [0.1, 0.15) is 0 Å². The molecule has 0 radical (unpaired) electrons. The Hall–Kier alpha value is -1.35. The summed E-state index contributed by atoms with van der Waals surface area (Å²) in [4.78, 5) is 19.1. The lowest BCUT2D eigenvalue weighted by molar-refractivity contribution is 0.0954. The largest absolute Gasteiger partial charge is 0.384 e. The second-order valence-electron chi connectivity index (χ2n) is 6.42. The first-order chi connectivity index (χ1) is 12.1. The molecule has 0 saturated carbocycles. The standard InChI is InChI=1S/C19H30N4O2.HI/c1-4-20-19(23-11-8-16(13-23)14-25-3)22-10-9-21-18(24)17-7-5-6-15(2)12-17;/h5-7,12,16H,4,8-11,13-14H2,1-3H3,(H,20,22)(H,21,24);1H. The Morgan fingerprint density at radius 3 is 2.88 bits per heavy atom. The molecule has 0 aliphatic carbocycles. The highest BCUT2D eigenvalue weighted by atomic mass is 127. The van der Waals surface area contributed by atoms with Gasteiger partial charge in [-0.1, -0.05) is 17.7 Å². The number of carbonyl (C=O) groups excluding carboxylic acids is 1. The molecular formula is C19H31IN4O2. The minimum absolute atomic E-state index is 0. The van der Waals surface area contributed by atoms with E-state index in [9.17, 15) is 4.79 Å². The minimum Gasteiger partial charge on any atom is -0.384 e. The van der Waals surface area contributed by atoms with Crippen molar-refractivity contribution in [2.24, 2.45) is 10.9 Å². The predicted octanol–water partition coefficient (Wildman–Crippen LogP) is 2.28. The fourth-order valence-electron chi connectivity index (χ4n) is 3.04. The quantitative estimate of drug-likeness (QED) is 0.276. The number of methoxy groups -OCH3 is 1. The summed E-state index contributed by atoms with van der Waals surface area (Å²) in [7, 11) is 1.75. The molecule has 1 amide bonds. The SMILES string of the molecule is CCNC(=NCCNC(=O)c1cccc(C)c1)N1CCC(COC)C1.I. The second-order valence-corrected chi connectivity index (χ2v) is 6.42. The van der Waals surface area contributed by atoms with Crippen LogP contribution in [-0.2, 0) is 4.74 Å².